The summed E-state index contributed by atoms with van der Waals surface area (Å²) in [6.45, 7) is 7.13. The molecule has 0 radical (unpaired) electrons. The van der Waals surface area contributed by atoms with Crippen molar-refractivity contribution in [3.05, 3.63) is 84.8 Å². The highest BCUT2D eigenvalue weighted by Crippen LogP contribution is 2.36. The number of para-hydroxylation sites is 1. The number of carbonyl (C=O) groups is 1. The molecular weight excluding hydrogens is 576 g/mol. The van der Waals surface area contributed by atoms with Crippen molar-refractivity contribution >= 4 is 28.4 Å². The molecule has 234 valence electrons. The van der Waals surface area contributed by atoms with Crippen LogP contribution in [0.15, 0.2) is 79.1 Å². The van der Waals surface area contributed by atoms with Gasteiger partial charge in [-0.2, -0.15) is 5.10 Å². The van der Waals surface area contributed by atoms with E-state index in [1.54, 1.807) is 55.3 Å². The maximum absolute atomic E-state index is 13.2. The average Bonchev–Trinajstić information content (AvgIpc) is 3.46. The number of carbonyl (C=O) groups excluding carboxylic acids is 1. The molecule has 0 fully saturated rings. The third kappa shape index (κ3) is 7.48. The summed E-state index contributed by atoms with van der Waals surface area (Å²) in [4.78, 5) is 21.9. The molecule has 45 heavy (non-hydrogen) atoms. The van der Waals surface area contributed by atoms with Crippen LogP contribution in [0.2, 0.25) is 0 Å². The van der Waals surface area contributed by atoms with Crippen molar-refractivity contribution in [3.8, 4) is 28.8 Å². The van der Waals surface area contributed by atoms with Gasteiger partial charge in [0.2, 0.25) is 5.88 Å². The van der Waals surface area contributed by atoms with Gasteiger partial charge in [-0.15, -0.1) is 0 Å². The van der Waals surface area contributed by atoms with Crippen LogP contribution in [0.1, 0.15) is 26.5 Å². The van der Waals surface area contributed by atoms with E-state index in [1.165, 1.54) is 6.33 Å². The molecule has 0 bridgehead atoms. The number of fused-ring (bicyclic) bond motifs is 1. The summed E-state index contributed by atoms with van der Waals surface area (Å²) in [5.41, 5.74) is 1.95. The third-order valence-corrected chi connectivity index (χ3v) is 6.81. The van der Waals surface area contributed by atoms with Crippen LogP contribution < -0.4 is 24.8 Å². The number of ether oxygens (including phenoxy) is 5. The molecule has 5 aromatic rings. The topological polar surface area (TPSA) is 131 Å². The minimum atomic E-state index is -0.652. The Bertz CT molecular complexity index is 1760. The van der Waals surface area contributed by atoms with Gasteiger partial charge in [0.25, 0.3) is 0 Å². The number of urea groups is 1. The maximum atomic E-state index is 13.2. The van der Waals surface area contributed by atoms with Gasteiger partial charge in [0, 0.05) is 37.6 Å². The van der Waals surface area contributed by atoms with E-state index in [9.17, 15) is 4.79 Å². The van der Waals surface area contributed by atoms with Crippen molar-refractivity contribution in [2.75, 3.05) is 44.7 Å². The van der Waals surface area contributed by atoms with Gasteiger partial charge in [-0.3, -0.25) is 5.32 Å². The maximum Gasteiger partial charge on any atom is 0.324 e. The fraction of sp³-hybridized carbons (Fsp3) is 0.273. The van der Waals surface area contributed by atoms with Gasteiger partial charge in [0.1, 0.15) is 30.1 Å². The van der Waals surface area contributed by atoms with Gasteiger partial charge in [0.15, 0.2) is 11.5 Å². The normalized spacial score (nSPS) is 11.3. The number of methoxy groups -OCH3 is 2. The molecule has 0 unspecified atom stereocenters. The van der Waals surface area contributed by atoms with Crippen molar-refractivity contribution in [2.45, 2.75) is 26.4 Å². The number of hydrogen-bond acceptors (Lipinski definition) is 9. The summed E-state index contributed by atoms with van der Waals surface area (Å²) < 4.78 is 30.1. The zero-order valence-electron chi connectivity index (χ0n) is 25.9. The number of amides is 2. The summed E-state index contributed by atoms with van der Waals surface area (Å²) in [5.74, 6) is 2.31. The fourth-order valence-corrected chi connectivity index (χ4v) is 4.62. The van der Waals surface area contributed by atoms with Crippen molar-refractivity contribution in [2.24, 2.45) is 0 Å². The smallest absolute Gasteiger partial charge is 0.324 e. The highest BCUT2D eigenvalue weighted by molar-refractivity contribution is 5.99. The molecule has 0 atom stereocenters. The lowest BCUT2D eigenvalue weighted by Crippen LogP contribution is -2.22. The average molecular weight is 613 g/mol. The van der Waals surface area contributed by atoms with Gasteiger partial charge >= 0.3 is 6.03 Å². The molecule has 0 aliphatic rings. The summed E-state index contributed by atoms with van der Waals surface area (Å²) in [6.07, 6.45) is 1.41. The van der Waals surface area contributed by atoms with Gasteiger partial charge in [0.05, 0.1) is 36.0 Å². The molecule has 0 spiro atoms. The molecule has 5 rings (SSSR count). The lowest BCUT2D eigenvalue weighted by Gasteiger charge is -2.21. The standard InChI is InChI=1S/C33H36N6O6/c1-6-44-33(2,3)29-20-30(39(38-29)23-12-8-7-9-13-23)37-32(40)36-22-11-10-14-24(17-22)45-31-25-18-27(42-5)28(43-16-15-41-4)19-26(25)34-21-35-31/h7-14,17-21H,6,15-16H2,1-5H3,(H2,36,37,40). The number of hydrogen-bond donors (Lipinski definition) is 2. The van der Waals surface area contributed by atoms with E-state index in [0.717, 1.165) is 5.69 Å². The van der Waals surface area contributed by atoms with Crippen LogP contribution in [-0.4, -0.2) is 59.8 Å². The Morgan fingerprint density at radius 2 is 1.73 bits per heavy atom. The summed E-state index contributed by atoms with van der Waals surface area (Å²) in [5, 5.41) is 11.2. The molecule has 12 heteroatoms. The SMILES string of the molecule is CCOC(C)(C)c1cc(NC(=O)Nc2cccc(Oc3ncnc4cc(OCCOC)c(OC)cc34)c2)n(-c2ccccc2)n1. The third-order valence-electron chi connectivity index (χ3n) is 6.81. The first-order chi connectivity index (χ1) is 21.8. The first-order valence-corrected chi connectivity index (χ1v) is 14.4. The Balaban J connectivity index is 1.34. The first kappa shape index (κ1) is 31.2. The van der Waals surface area contributed by atoms with Gasteiger partial charge in [-0.25, -0.2) is 19.4 Å². The molecule has 0 saturated carbocycles. The fourth-order valence-electron chi connectivity index (χ4n) is 4.62. The molecular formula is C33H36N6O6. The van der Waals surface area contributed by atoms with Crippen LogP contribution in [-0.2, 0) is 15.1 Å². The quantitative estimate of drug-likeness (QED) is 0.142. The number of benzene rings is 3. The Morgan fingerprint density at radius 1 is 0.911 bits per heavy atom. The van der Waals surface area contributed by atoms with Crippen molar-refractivity contribution < 1.29 is 28.5 Å². The zero-order valence-corrected chi connectivity index (χ0v) is 25.9. The summed E-state index contributed by atoms with van der Waals surface area (Å²) in [6, 6.07) is 21.4. The Hall–Kier alpha value is -5.20. The highest BCUT2D eigenvalue weighted by Gasteiger charge is 2.26. The zero-order chi connectivity index (χ0) is 31.8. The Kier molecular flexibility index (Phi) is 9.76. The molecule has 0 saturated heterocycles. The molecule has 2 aromatic heterocycles. The molecule has 2 amide bonds. The van der Waals surface area contributed by atoms with Crippen LogP contribution in [0.25, 0.3) is 16.6 Å². The molecule has 0 aliphatic heterocycles. The number of nitrogens with one attached hydrogen (secondary N) is 2. The van der Waals surface area contributed by atoms with Crippen LogP contribution in [0, 0.1) is 0 Å². The predicted octanol–water partition coefficient (Wildman–Crippen LogP) is 6.56. The highest BCUT2D eigenvalue weighted by atomic mass is 16.5. The molecule has 12 nitrogen and oxygen atoms in total. The van der Waals surface area contributed by atoms with Crippen molar-refractivity contribution in [1.82, 2.24) is 19.7 Å². The van der Waals surface area contributed by atoms with Crippen LogP contribution >= 0.6 is 0 Å². The Morgan fingerprint density at radius 3 is 2.49 bits per heavy atom. The van der Waals surface area contributed by atoms with E-state index in [0.29, 0.717) is 71.1 Å². The van der Waals surface area contributed by atoms with Gasteiger partial charge < -0.3 is 29.0 Å². The van der Waals surface area contributed by atoms with Crippen LogP contribution in [0.4, 0.5) is 16.3 Å². The van der Waals surface area contributed by atoms with Crippen LogP contribution in [0.5, 0.6) is 23.1 Å². The monoisotopic (exact) mass is 612 g/mol. The van der Waals surface area contributed by atoms with Crippen molar-refractivity contribution in [1.29, 1.82) is 0 Å². The van der Waals surface area contributed by atoms with E-state index >= 15 is 0 Å². The van der Waals surface area contributed by atoms with E-state index in [2.05, 4.69) is 20.6 Å². The van der Waals surface area contributed by atoms with E-state index in [1.807, 2.05) is 57.2 Å². The van der Waals surface area contributed by atoms with Crippen molar-refractivity contribution in [3.63, 3.8) is 0 Å². The second kappa shape index (κ2) is 14.1. The van der Waals surface area contributed by atoms with E-state index in [-0.39, 0.29) is 0 Å². The molecule has 3 aromatic carbocycles. The lowest BCUT2D eigenvalue weighted by atomic mass is 10.1. The molecule has 2 N–H and O–H groups in total. The molecule has 0 aliphatic carbocycles. The number of nitrogens with zero attached hydrogens (tertiary/aromatic N) is 4. The molecule has 2 heterocycles. The summed E-state index contributed by atoms with van der Waals surface area (Å²) in [7, 11) is 3.17. The number of anilines is 2. The minimum absolute atomic E-state index is 0.319. The second-order valence-electron chi connectivity index (χ2n) is 10.4. The minimum Gasteiger partial charge on any atom is -0.493 e. The first-order valence-electron chi connectivity index (χ1n) is 14.4. The lowest BCUT2D eigenvalue weighted by molar-refractivity contribution is -0.0175. The van der Waals surface area contributed by atoms with E-state index < -0.39 is 11.6 Å². The predicted molar refractivity (Wildman–Crippen MR) is 171 cm³/mol. The largest absolute Gasteiger partial charge is 0.493 e. The van der Waals surface area contributed by atoms with Gasteiger partial charge in [-0.05, 0) is 51.1 Å². The second-order valence-corrected chi connectivity index (χ2v) is 10.4. The van der Waals surface area contributed by atoms with Gasteiger partial charge in [-0.1, -0.05) is 24.3 Å². The van der Waals surface area contributed by atoms with Crippen LogP contribution in [0.3, 0.4) is 0 Å². The number of aromatic nitrogens is 4. The van der Waals surface area contributed by atoms with E-state index in [4.69, 9.17) is 28.8 Å². The Labute approximate surface area is 261 Å². The number of rotatable bonds is 13. The summed E-state index contributed by atoms with van der Waals surface area (Å²) >= 11 is 0.